The Morgan fingerprint density at radius 1 is 1.19 bits per heavy atom. The van der Waals surface area contributed by atoms with E-state index in [-0.39, 0.29) is 17.2 Å². The first-order valence-electron chi connectivity index (χ1n) is 7.33. The van der Waals surface area contributed by atoms with Gasteiger partial charge in [-0.05, 0) is 51.2 Å². The molecule has 1 heterocycles. The summed E-state index contributed by atoms with van der Waals surface area (Å²) in [5, 5.41) is 6.09. The van der Waals surface area contributed by atoms with Crippen LogP contribution in [0.1, 0.15) is 45.6 Å². The fourth-order valence-corrected chi connectivity index (χ4v) is 2.34. The lowest BCUT2D eigenvalue weighted by molar-refractivity contribution is -0.137. The van der Waals surface area contributed by atoms with Gasteiger partial charge in [-0.3, -0.25) is 0 Å². The van der Waals surface area contributed by atoms with Crippen molar-refractivity contribution in [1.82, 2.24) is 4.98 Å². The molecule has 118 valence electrons. The molecule has 2 rings (SSSR count). The van der Waals surface area contributed by atoms with Gasteiger partial charge in [0.05, 0.1) is 5.56 Å². The van der Waals surface area contributed by atoms with Crippen molar-refractivity contribution in [3.8, 4) is 0 Å². The number of nitrogens with one attached hydrogen (secondary N) is 2. The second-order valence-electron chi connectivity index (χ2n) is 6.17. The van der Waals surface area contributed by atoms with E-state index in [1.54, 1.807) is 0 Å². The van der Waals surface area contributed by atoms with E-state index in [0.29, 0.717) is 12.5 Å². The van der Waals surface area contributed by atoms with Crippen LogP contribution < -0.4 is 10.6 Å². The van der Waals surface area contributed by atoms with E-state index in [2.05, 4.69) is 15.6 Å². The lowest BCUT2D eigenvalue weighted by Crippen LogP contribution is -2.33. The SMILES string of the molecule is CCCNc1cc(C(F)(F)F)cc(NC(C)(C)C2CC2)n1. The highest BCUT2D eigenvalue weighted by Crippen LogP contribution is 2.41. The van der Waals surface area contributed by atoms with Gasteiger partial charge in [-0.1, -0.05) is 6.92 Å². The van der Waals surface area contributed by atoms with Crippen LogP contribution in [0.25, 0.3) is 0 Å². The summed E-state index contributed by atoms with van der Waals surface area (Å²) < 4.78 is 39.0. The summed E-state index contributed by atoms with van der Waals surface area (Å²) in [4.78, 5) is 4.26. The van der Waals surface area contributed by atoms with Crippen LogP contribution in [-0.2, 0) is 6.18 Å². The molecular formula is C15H22F3N3. The number of halogens is 3. The monoisotopic (exact) mass is 301 g/mol. The molecule has 0 aromatic carbocycles. The molecule has 1 aliphatic carbocycles. The van der Waals surface area contributed by atoms with Crippen molar-refractivity contribution in [3.05, 3.63) is 17.7 Å². The van der Waals surface area contributed by atoms with Crippen molar-refractivity contribution in [2.24, 2.45) is 5.92 Å². The second kappa shape index (κ2) is 5.73. The Balaban J connectivity index is 2.26. The smallest absolute Gasteiger partial charge is 0.370 e. The van der Waals surface area contributed by atoms with Crippen LogP contribution in [0.5, 0.6) is 0 Å². The van der Waals surface area contributed by atoms with Gasteiger partial charge in [0.1, 0.15) is 11.6 Å². The molecule has 1 aliphatic rings. The van der Waals surface area contributed by atoms with Crippen LogP contribution in [0.3, 0.4) is 0 Å². The summed E-state index contributed by atoms with van der Waals surface area (Å²) in [5.74, 6) is 1.04. The molecule has 0 saturated heterocycles. The number of pyridine rings is 1. The van der Waals surface area contributed by atoms with Crippen LogP contribution in [0.15, 0.2) is 12.1 Å². The molecule has 0 amide bonds. The molecule has 0 aliphatic heterocycles. The molecule has 21 heavy (non-hydrogen) atoms. The maximum absolute atomic E-state index is 13.0. The van der Waals surface area contributed by atoms with E-state index in [1.807, 2.05) is 20.8 Å². The number of hydrogen-bond acceptors (Lipinski definition) is 3. The minimum atomic E-state index is -4.37. The van der Waals surface area contributed by atoms with E-state index in [1.165, 1.54) is 0 Å². The summed E-state index contributed by atoms with van der Waals surface area (Å²) in [6, 6.07) is 2.15. The summed E-state index contributed by atoms with van der Waals surface area (Å²) in [6.45, 7) is 6.56. The standard InChI is InChI=1S/C15H22F3N3/c1-4-7-19-12-8-11(15(16,17)18)9-13(20-12)21-14(2,3)10-5-6-10/h8-10H,4-7H2,1-3H3,(H2,19,20,21). The van der Waals surface area contributed by atoms with Gasteiger partial charge >= 0.3 is 6.18 Å². The first-order valence-corrected chi connectivity index (χ1v) is 7.33. The van der Waals surface area contributed by atoms with Crippen LogP contribution in [0, 0.1) is 5.92 Å². The van der Waals surface area contributed by atoms with Crippen molar-refractivity contribution >= 4 is 11.6 Å². The van der Waals surface area contributed by atoms with E-state index >= 15 is 0 Å². The third-order valence-corrected chi connectivity index (χ3v) is 3.76. The van der Waals surface area contributed by atoms with Gasteiger partial charge in [0.15, 0.2) is 0 Å². The molecule has 0 atom stereocenters. The molecular weight excluding hydrogens is 279 g/mol. The van der Waals surface area contributed by atoms with Crippen molar-refractivity contribution in [1.29, 1.82) is 0 Å². The van der Waals surface area contributed by atoms with Gasteiger partial charge in [-0.2, -0.15) is 13.2 Å². The zero-order chi connectivity index (χ0) is 15.7. The molecule has 1 aromatic rings. The summed E-state index contributed by atoms with van der Waals surface area (Å²) in [7, 11) is 0. The van der Waals surface area contributed by atoms with Gasteiger partial charge in [0, 0.05) is 12.1 Å². The first-order chi connectivity index (χ1) is 9.72. The number of rotatable bonds is 6. The molecule has 0 unspecified atom stereocenters. The Labute approximate surface area is 123 Å². The number of hydrogen-bond donors (Lipinski definition) is 2. The minimum Gasteiger partial charge on any atom is -0.370 e. The van der Waals surface area contributed by atoms with Crippen LogP contribution in [0.2, 0.25) is 0 Å². The highest BCUT2D eigenvalue weighted by atomic mass is 19.4. The predicted molar refractivity (Wildman–Crippen MR) is 78.4 cm³/mol. The molecule has 1 saturated carbocycles. The zero-order valence-corrected chi connectivity index (χ0v) is 12.6. The van der Waals surface area contributed by atoms with Gasteiger partial charge in [-0.25, -0.2) is 4.98 Å². The topological polar surface area (TPSA) is 37.0 Å². The molecule has 1 fully saturated rings. The van der Waals surface area contributed by atoms with Gasteiger partial charge < -0.3 is 10.6 Å². The van der Waals surface area contributed by atoms with Gasteiger partial charge in [0.25, 0.3) is 0 Å². The maximum atomic E-state index is 13.0. The van der Waals surface area contributed by atoms with Crippen LogP contribution in [0.4, 0.5) is 24.8 Å². The molecule has 6 heteroatoms. The van der Waals surface area contributed by atoms with Gasteiger partial charge in [-0.15, -0.1) is 0 Å². The quantitative estimate of drug-likeness (QED) is 0.811. The van der Waals surface area contributed by atoms with E-state index in [9.17, 15) is 13.2 Å². The molecule has 0 bridgehead atoms. The van der Waals surface area contributed by atoms with Crippen molar-refractivity contribution in [2.75, 3.05) is 17.2 Å². The van der Waals surface area contributed by atoms with Gasteiger partial charge in [0.2, 0.25) is 0 Å². The van der Waals surface area contributed by atoms with Crippen LogP contribution in [-0.4, -0.2) is 17.1 Å². The molecule has 2 N–H and O–H groups in total. The molecule has 3 nitrogen and oxygen atoms in total. The average Bonchev–Trinajstić information content (AvgIpc) is 3.19. The third-order valence-electron chi connectivity index (χ3n) is 3.76. The number of nitrogens with zero attached hydrogens (tertiary/aromatic N) is 1. The summed E-state index contributed by atoms with van der Waals surface area (Å²) >= 11 is 0. The highest BCUT2D eigenvalue weighted by Gasteiger charge is 2.38. The normalized spacial score (nSPS) is 15.9. The molecule has 0 spiro atoms. The van der Waals surface area contributed by atoms with Crippen LogP contribution >= 0.6 is 0 Å². The van der Waals surface area contributed by atoms with E-state index in [0.717, 1.165) is 31.4 Å². The number of anilines is 2. The van der Waals surface area contributed by atoms with Crippen molar-refractivity contribution in [2.45, 2.75) is 51.7 Å². The summed E-state index contributed by atoms with van der Waals surface area (Å²) in [6.07, 6.45) is -1.32. The Morgan fingerprint density at radius 2 is 1.81 bits per heavy atom. The Morgan fingerprint density at radius 3 is 2.33 bits per heavy atom. The fraction of sp³-hybridized carbons (Fsp3) is 0.667. The Bertz CT molecular complexity index is 493. The lowest BCUT2D eigenvalue weighted by Gasteiger charge is -2.27. The maximum Gasteiger partial charge on any atom is 0.416 e. The molecule has 0 radical (unpaired) electrons. The largest absolute Gasteiger partial charge is 0.416 e. The minimum absolute atomic E-state index is 0.237. The predicted octanol–water partition coefficient (Wildman–Crippen LogP) is 4.52. The zero-order valence-electron chi connectivity index (χ0n) is 12.6. The van der Waals surface area contributed by atoms with E-state index < -0.39 is 11.7 Å². The number of alkyl halides is 3. The first kappa shape index (κ1) is 15.9. The summed E-state index contributed by atoms with van der Waals surface area (Å²) in [5.41, 5.74) is -0.913. The fourth-order valence-electron chi connectivity index (χ4n) is 2.34. The Kier molecular flexibility index (Phi) is 4.35. The average molecular weight is 301 g/mol. The molecule has 1 aromatic heterocycles. The number of aromatic nitrogens is 1. The lowest BCUT2D eigenvalue weighted by atomic mass is 9.99. The highest BCUT2D eigenvalue weighted by molar-refractivity contribution is 5.51. The van der Waals surface area contributed by atoms with Crippen molar-refractivity contribution < 1.29 is 13.2 Å². The Hall–Kier alpha value is -1.46. The van der Waals surface area contributed by atoms with Crippen molar-refractivity contribution in [3.63, 3.8) is 0 Å². The third kappa shape index (κ3) is 4.25. The second-order valence-corrected chi connectivity index (χ2v) is 6.17. The van der Waals surface area contributed by atoms with E-state index in [4.69, 9.17) is 0 Å².